The van der Waals surface area contributed by atoms with Crippen molar-refractivity contribution in [2.45, 2.75) is 91.6 Å². The molecule has 0 radical (unpaired) electrons. The summed E-state index contributed by atoms with van der Waals surface area (Å²) in [6.45, 7) is 11.2. The van der Waals surface area contributed by atoms with Gasteiger partial charge >= 0.3 is 0 Å². The maximum Gasteiger partial charge on any atom is 0.139 e. The van der Waals surface area contributed by atoms with Crippen LogP contribution in [0.25, 0.3) is 0 Å². The SMILES string of the molecule is CCCCB(CCCC)CCCC.CCCNN(C)C. The molecule has 1 N–H and O–H groups in total. The Balaban J connectivity index is 0. The molecule has 0 saturated carbocycles. The summed E-state index contributed by atoms with van der Waals surface area (Å²) < 4.78 is 0. The molecule has 0 fully saturated rings. The van der Waals surface area contributed by atoms with E-state index in [1.165, 1.54) is 63.9 Å². The van der Waals surface area contributed by atoms with E-state index in [0.717, 1.165) is 13.3 Å². The zero-order chi connectivity index (χ0) is 15.6. The van der Waals surface area contributed by atoms with Crippen molar-refractivity contribution in [1.82, 2.24) is 10.4 Å². The van der Waals surface area contributed by atoms with Crippen molar-refractivity contribution < 1.29 is 0 Å². The standard InChI is InChI=1S/C12H27B.C5H14N2/c1-4-7-10-13(11-8-5-2)12-9-6-3;1-4-5-6-7(2)3/h4-12H2,1-3H3;6H,4-5H2,1-3H3. The average Bonchev–Trinajstić information content (AvgIpc) is 2.45. The van der Waals surface area contributed by atoms with Crippen LogP contribution in [0.15, 0.2) is 0 Å². The van der Waals surface area contributed by atoms with E-state index in [-0.39, 0.29) is 0 Å². The molecule has 0 aliphatic carbocycles. The molecule has 0 bridgehead atoms. The number of unbranched alkanes of at least 4 members (excludes halogenated alkanes) is 3. The van der Waals surface area contributed by atoms with E-state index in [1.807, 2.05) is 19.1 Å². The summed E-state index contributed by atoms with van der Waals surface area (Å²) in [4.78, 5) is 0. The predicted molar refractivity (Wildman–Crippen MR) is 96.9 cm³/mol. The first-order valence-corrected chi connectivity index (χ1v) is 9.02. The maximum atomic E-state index is 3.13. The van der Waals surface area contributed by atoms with Gasteiger partial charge in [-0.15, -0.1) is 0 Å². The highest BCUT2D eigenvalue weighted by Crippen LogP contribution is 2.16. The lowest BCUT2D eigenvalue weighted by Crippen LogP contribution is -2.30. The Kier molecular flexibility index (Phi) is 21.1. The van der Waals surface area contributed by atoms with E-state index in [1.54, 1.807) is 0 Å². The zero-order valence-corrected chi connectivity index (χ0v) is 15.3. The largest absolute Gasteiger partial charge is 0.256 e. The van der Waals surface area contributed by atoms with Gasteiger partial charge in [-0.3, -0.25) is 10.4 Å². The molecule has 0 atom stereocenters. The molecule has 3 heteroatoms. The number of nitrogens with one attached hydrogen (secondary N) is 1. The quantitative estimate of drug-likeness (QED) is 0.384. The second-order valence-electron chi connectivity index (χ2n) is 6.10. The second kappa shape index (κ2) is 19.0. The van der Waals surface area contributed by atoms with Crippen LogP contribution in [-0.2, 0) is 0 Å². The molecule has 0 unspecified atom stereocenters. The maximum absolute atomic E-state index is 3.13. The lowest BCUT2D eigenvalue weighted by atomic mass is 9.41. The number of hydrazine groups is 1. The van der Waals surface area contributed by atoms with Crippen LogP contribution < -0.4 is 5.43 Å². The van der Waals surface area contributed by atoms with E-state index < -0.39 is 0 Å². The monoisotopic (exact) mass is 284 g/mol. The molecule has 0 aromatic rings. The van der Waals surface area contributed by atoms with Crippen LogP contribution in [0.1, 0.15) is 72.6 Å². The van der Waals surface area contributed by atoms with Gasteiger partial charge in [0.1, 0.15) is 6.71 Å². The van der Waals surface area contributed by atoms with Crippen LogP contribution in [0, 0.1) is 0 Å². The molecule has 0 aromatic heterocycles. The lowest BCUT2D eigenvalue weighted by molar-refractivity contribution is 0.291. The third-order valence-corrected chi connectivity index (χ3v) is 3.58. The summed E-state index contributed by atoms with van der Waals surface area (Å²) in [7, 11) is 3.99. The minimum absolute atomic E-state index is 1.04. The first-order chi connectivity index (χ1) is 9.62. The molecule has 0 saturated heterocycles. The number of hydrogen-bond acceptors (Lipinski definition) is 2. The molecule has 2 nitrogen and oxygen atoms in total. The Bertz CT molecular complexity index is 144. The van der Waals surface area contributed by atoms with Crippen LogP contribution >= 0.6 is 0 Å². The van der Waals surface area contributed by atoms with Gasteiger partial charge in [-0.2, -0.15) is 0 Å². The van der Waals surface area contributed by atoms with Gasteiger partial charge in [0.2, 0.25) is 0 Å². The number of hydrogen-bond donors (Lipinski definition) is 1. The molecular formula is C17H41BN2. The molecular weight excluding hydrogens is 243 g/mol. The van der Waals surface area contributed by atoms with Crippen LogP contribution in [0.2, 0.25) is 19.0 Å². The van der Waals surface area contributed by atoms with Gasteiger partial charge in [-0.05, 0) is 6.42 Å². The fourth-order valence-electron chi connectivity index (χ4n) is 2.25. The minimum Gasteiger partial charge on any atom is -0.256 e. The van der Waals surface area contributed by atoms with Gasteiger partial charge in [0.15, 0.2) is 0 Å². The van der Waals surface area contributed by atoms with E-state index >= 15 is 0 Å². The highest BCUT2D eigenvalue weighted by Gasteiger charge is 2.10. The summed E-state index contributed by atoms with van der Waals surface area (Å²) in [5, 5.41) is 1.96. The van der Waals surface area contributed by atoms with Crippen molar-refractivity contribution in [2.75, 3.05) is 20.6 Å². The van der Waals surface area contributed by atoms with Gasteiger partial charge < -0.3 is 0 Å². The van der Waals surface area contributed by atoms with Crippen molar-refractivity contribution in [3.63, 3.8) is 0 Å². The smallest absolute Gasteiger partial charge is 0.139 e. The summed E-state index contributed by atoms with van der Waals surface area (Å²) >= 11 is 0. The fraction of sp³-hybridized carbons (Fsp3) is 1.00. The summed E-state index contributed by atoms with van der Waals surface area (Å²) in [6.07, 6.45) is 14.1. The highest BCUT2D eigenvalue weighted by atomic mass is 15.5. The van der Waals surface area contributed by atoms with E-state index in [2.05, 4.69) is 33.1 Å². The zero-order valence-electron chi connectivity index (χ0n) is 15.3. The van der Waals surface area contributed by atoms with E-state index in [4.69, 9.17) is 0 Å². The lowest BCUT2D eigenvalue weighted by Gasteiger charge is -2.11. The van der Waals surface area contributed by atoms with Crippen molar-refractivity contribution in [2.24, 2.45) is 0 Å². The van der Waals surface area contributed by atoms with Gasteiger partial charge in [-0.25, -0.2) is 0 Å². The molecule has 0 heterocycles. The Morgan fingerprint density at radius 2 is 1.10 bits per heavy atom. The van der Waals surface area contributed by atoms with Gasteiger partial charge in [0.25, 0.3) is 0 Å². The molecule has 122 valence electrons. The van der Waals surface area contributed by atoms with Crippen molar-refractivity contribution in [1.29, 1.82) is 0 Å². The van der Waals surface area contributed by atoms with Crippen molar-refractivity contribution in [3.05, 3.63) is 0 Å². The fourth-order valence-corrected chi connectivity index (χ4v) is 2.25. The van der Waals surface area contributed by atoms with Crippen molar-refractivity contribution >= 4 is 6.71 Å². The molecule has 20 heavy (non-hydrogen) atoms. The normalized spacial score (nSPS) is 10.3. The number of nitrogens with zero attached hydrogens (tertiary/aromatic N) is 1. The Hall–Kier alpha value is -0.0151. The van der Waals surface area contributed by atoms with Crippen LogP contribution in [-0.4, -0.2) is 32.4 Å². The van der Waals surface area contributed by atoms with Crippen molar-refractivity contribution in [3.8, 4) is 0 Å². The molecule has 0 spiro atoms. The molecule has 0 aromatic carbocycles. The summed E-state index contributed by atoms with van der Waals surface area (Å²) in [5.41, 5.74) is 3.13. The first kappa shape index (κ1) is 22.3. The predicted octanol–water partition coefficient (Wildman–Crippen LogP) is 5.34. The van der Waals surface area contributed by atoms with Gasteiger partial charge in [-0.1, -0.05) is 85.2 Å². The highest BCUT2D eigenvalue weighted by molar-refractivity contribution is 6.58. The first-order valence-electron chi connectivity index (χ1n) is 9.02. The average molecular weight is 284 g/mol. The Labute approximate surface area is 130 Å². The molecule has 0 rings (SSSR count). The summed E-state index contributed by atoms with van der Waals surface area (Å²) in [5.74, 6) is 0. The minimum atomic E-state index is 1.04. The third kappa shape index (κ3) is 20.3. The molecule has 0 aliphatic rings. The Morgan fingerprint density at radius 3 is 1.30 bits per heavy atom. The van der Waals surface area contributed by atoms with Crippen LogP contribution in [0.3, 0.4) is 0 Å². The third-order valence-electron chi connectivity index (χ3n) is 3.58. The topological polar surface area (TPSA) is 15.3 Å². The summed E-state index contributed by atoms with van der Waals surface area (Å²) in [6, 6.07) is 0. The van der Waals surface area contributed by atoms with Gasteiger partial charge in [0, 0.05) is 20.6 Å². The molecule has 0 aliphatic heterocycles. The molecule has 0 amide bonds. The number of rotatable bonds is 12. The Morgan fingerprint density at radius 1 is 0.700 bits per heavy atom. The van der Waals surface area contributed by atoms with Crippen LogP contribution in [0.5, 0.6) is 0 Å². The van der Waals surface area contributed by atoms with E-state index in [9.17, 15) is 0 Å². The van der Waals surface area contributed by atoms with Gasteiger partial charge in [0.05, 0.1) is 0 Å². The second-order valence-corrected chi connectivity index (χ2v) is 6.10. The van der Waals surface area contributed by atoms with E-state index in [0.29, 0.717) is 0 Å². The van der Waals surface area contributed by atoms with Crippen LogP contribution in [0.4, 0.5) is 0 Å².